The molecule has 1 amide bonds. The highest BCUT2D eigenvalue weighted by Crippen LogP contribution is 2.21. The van der Waals surface area contributed by atoms with Crippen molar-refractivity contribution in [3.05, 3.63) is 12.4 Å². The van der Waals surface area contributed by atoms with Gasteiger partial charge in [-0.05, 0) is 31.8 Å². The third-order valence-corrected chi connectivity index (χ3v) is 4.02. The molecule has 0 bridgehead atoms. The van der Waals surface area contributed by atoms with Crippen molar-refractivity contribution >= 4 is 11.6 Å². The largest absolute Gasteiger partial charge is 0.383 e. The molecule has 8 heteroatoms. The molecule has 2 rings (SSSR count). The molecule has 130 valence electrons. The molecule has 1 aliphatic heterocycles. The lowest BCUT2D eigenvalue weighted by atomic mass is 9.93. The molecule has 2 heterocycles. The highest BCUT2D eigenvalue weighted by Gasteiger charge is 2.23. The first kappa shape index (κ1) is 17.8. The number of rotatable bonds is 8. The molecular formula is C15H24F2N4O2. The quantitative estimate of drug-likeness (QED) is 0.790. The van der Waals surface area contributed by atoms with Gasteiger partial charge in [-0.1, -0.05) is 0 Å². The number of piperidine rings is 1. The van der Waals surface area contributed by atoms with Crippen LogP contribution in [0, 0.1) is 5.92 Å². The van der Waals surface area contributed by atoms with Gasteiger partial charge in [0.05, 0.1) is 31.6 Å². The van der Waals surface area contributed by atoms with E-state index in [4.69, 9.17) is 4.74 Å². The van der Waals surface area contributed by atoms with Crippen molar-refractivity contribution in [2.75, 3.05) is 38.7 Å². The maximum atomic E-state index is 12.3. The predicted octanol–water partition coefficient (Wildman–Crippen LogP) is 1.84. The summed E-state index contributed by atoms with van der Waals surface area (Å²) in [5, 5.41) is 6.97. The standard InChI is InChI=1S/C15H24F2N4O2/c1-23-7-6-21-10-13(9-18-21)19-15(22)8-12-2-4-20(5-3-12)11-14(16)17/h9-10,12,14H,2-8,11H2,1H3,(H,19,22). The number of amides is 1. The summed E-state index contributed by atoms with van der Waals surface area (Å²) in [5.74, 6) is 0.205. The van der Waals surface area contributed by atoms with Crippen molar-refractivity contribution in [2.45, 2.75) is 32.2 Å². The molecule has 6 nitrogen and oxygen atoms in total. The fraction of sp³-hybridized carbons (Fsp3) is 0.733. The van der Waals surface area contributed by atoms with Gasteiger partial charge in [0.1, 0.15) is 0 Å². The van der Waals surface area contributed by atoms with Crippen LogP contribution in [0.25, 0.3) is 0 Å². The van der Waals surface area contributed by atoms with Gasteiger partial charge in [-0.25, -0.2) is 8.78 Å². The van der Waals surface area contributed by atoms with E-state index < -0.39 is 6.43 Å². The summed E-state index contributed by atoms with van der Waals surface area (Å²) in [4.78, 5) is 13.8. The van der Waals surface area contributed by atoms with Crippen LogP contribution in [-0.4, -0.2) is 60.4 Å². The van der Waals surface area contributed by atoms with Crippen molar-refractivity contribution < 1.29 is 18.3 Å². The van der Waals surface area contributed by atoms with Crippen LogP contribution in [-0.2, 0) is 16.1 Å². The Bertz CT molecular complexity index is 488. The Hall–Kier alpha value is -1.54. The molecule has 1 N–H and O–H groups in total. The zero-order valence-corrected chi connectivity index (χ0v) is 13.4. The lowest BCUT2D eigenvalue weighted by Crippen LogP contribution is -2.37. The summed E-state index contributed by atoms with van der Waals surface area (Å²) in [6.45, 7) is 2.30. The van der Waals surface area contributed by atoms with Gasteiger partial charge in [0.15, 0.2) is 0 Å². The lowest BCUT2D eigenvalue weighted by molar-refractivity contribution is -0.117. The van der Waals surface area contributed by atoms with Crippen LogP contribution < -0.4 is 5.32 Å². The van der Waals surface area contributed by atoms with Gasteiger partial charge >= 0.3 is 0 Å². The topological polar surface area (TPSA) is 59.4 Å². The van der Waals surface area contributed by atoms with Gasteiger partial charge in [-0.2, -0.15) is 5.10 Å². The number of ether oxygens (including phenoxy) is 1. The van der Waals surface area contributed by atoms with Gasteiger partial charge in [-0.3, -0.25) is 14.4 Å². The van der Waals surface area contributed by atoms with Crippen LogP contribution in [0.5, 0.6) is 0 Å². The molecule has 0 aromatic carbocycles. The molecule has 0 unspecified atom stereocenters. The van der Waals surface area contributed by atoms with Crippen LogP contribution >= 0.6 is 0 Å². The van der Waals surface area contributed by atoms with Gasteiger partial charge in [-0.15, -0.1) is 0 Å². The molecule has 1 saturated heterocycles. The Morgan fingerprint density at radius 2 is 2.22 bits per heavy atom. The molecule has 1 fully saturated rings. The maximum absolute atomic E-state index is 12.3. The van der Waals surface area contributed by atoms with Crippen LogP contribution in [0.2, 0.25) is 0 Å². The second-order valence-electron chi connectivity index (χ2n) is 5.87. The number of nitrogens with zero attached hydrogens (tertiary/aromatic N) is 3. The first-order chi connectivity index (χ1) is 11.1. The van der Waals surface area contributed by atoms with Crippen LogP contribution in [0.3, 0.4) is 0 Å². The summed E-state index contributed by atoms with van der Waals surface area (Å²) < 4.78 is 31.3. The predicted molar refractivity (Wildman–Crippen MR) is 82.5 cm³/mol. The van der Waals surface area contributed by atoms with Gasteiger partial charge in [0.2, 0.25) is 5.91 Å². The summed E-state index contributed by atoms with van der Waals surface area (Å²) in [6, 6.07) is 0. The fourth-order valence-electron chi connectivity index (χ4n) is 2.78. The Kier molecular flexibility index (Phi) is 6.91. The van der Waals surface area contributed by atoms with Crippen LogP contribution in [0.4, 0.5) is 14.5 Å². The van der Waals surface area contributed by atoms with Crippen LogP contribution in [0.15, 0.2) is 12.4 Å². The summed E-state index contributed by atoms with van der Waals surface area (Å²) >= 11 is 0. The highest BCUT2D eigenvalue weighted by atomic mass is 19.3. The SMILES string of the molecule is COCCn1cc(NC(=O)CC2CCN(CC(F)F)CC2)cn1. The Labute approximate surface area is 134 Å². The van der Waals surface area contributed by atoms with Gasteiger partial charge in [0, 0.05) is 19.7 Å². The molecule has 0 saturated carbocycles. The number of carbonyl (C=O) groups is 1. The number of alkyl halides is 2. The average molecular weight is 330 g/mol. The van der Waals surface area contributed by atoms with Gasteiger partial charge in [0.25, 0.3) is 6.43 Å². The van der Waals surface area contributed by atoms with Crippen molar-refractivity contribution in [1.82, 2.24) is 14.7 Å². The monoisotopic (exact) mass is 330 g/mol. The zero-order valence-electron chi connectivity index (χ0n) is 13.4. The Morgan fingerprint density at radius 3 is 2.87 bits per heavy atom. The molecule has 0 aliphatic carbocycles. The third kappa shape index (κ3) is 6.23. The third-order valence-electron chi connectivity index (χ3n) is 4.02. The number of likely N-dealkylation sites (tertiary alicyclic amines) is 1. The maximum Gasteiger partial charge on any atom is 0.251 e. The minimum atomic E-state index is -2.29. The molecule has 0 radical (unpaired) electrons. The smallest absolute Gasteiger partial charge is 0.251 e. The van der Waals surface area contributed by atoms with Gasteiger partial charge < -0.3 is 10.1 Å². The molecular weight excluding hydrogens is 306 g/mol. The van der Waals surface area contributed by atoms with E-state index in [0.29, 0.717) is 38.3 Å². The summed E-state index contributed by atoms with van der Waals surface area (Å²) in [6.07, 6.45) is 3.08. The molecule has 0 spiro atoms. The zero-order chi connectivity index (χ0) is 16.7. The molecule has 1 aromatic heterocycles. The molecule has 1 aromatic rings. The normalized spacial score (nSPS) is 16.9. The first-order valence-electron chi connectivity index (χ1n) is 7.88. The summed E-state index contributed by atoms with van der Waals surface area (Å²) in [5.41, 5.74) is 0.668. The van der Waals surface area contributed by atoms with E-state index >= 15 is 0 Å². The van der Waals surface area contributed by atoms with Crippen molar-refractivity contribution in [1.29, 1.82) is 0 Å². The summed E-state index contributed by atoms with van der Waals surface area (Å²) in [7, 11) is 1.62. The number of methoxy groups -OCH3 is 1. The number of nitrogens with one attached hydrogen (secondary N) is 1. The van der Waals surface area contributed by atoms with Crippen molar-refractivity contribution in [2.24, 2.45) is 5.92 Å². The van der Waals surface area contributed by atoms with E-state index in [9.17, 15) is 13.6 Å². The Balaban J connectivity index is 1.70. The molecule has 23 heavy (non-hydrogen) atoms. The lowest BCUT2D eigenvalue weighted by Gasteiger charge is -2.31. The van der Waals surface area contributed by atoms with E-state index in [2.05, 4.69) is 10.4 Å². The average Bonchev–Trinajstić information content (AvgIpc) is 2.94. The van der Waals surface area contributed by atoms with Crippen LogP contribution in [0.1, 0.15) is 19.3 Å². The van der Waals surface area contributed by atoms with E-state index in [1.807, 2.05) is 0 Å². The van der Waals surface area contributed by atoms with Crippen molar-refractivity contribution in [3.63, 3.8) is 0 Å². The minimum absolute atomic E-state index is 0.0522. The number of carbonyl (C=O) groups excluding carboxylic acids is 1. The molecule has 1 aliphatic rings. The van der Waals surface area contributed by atoms with E-state index in [1.165, 1.54) is 0 Å². The minimum Gasteiger partial charge on any atom is -0.383 e. The fourth-order valence-corrected chi connectivity index (χ4v) is 2.78. The number of hydrogen-bond acceptors (Lipinski definition) is 4. The van der Waals surface area contributed by atoms with E-state index in [0.717, 1.165) is 12.8 Å². The Morgan fingerprint density at radius 1 is 1.48 bits per heavy atom. The number of hydrogen-bond donors (Lipinski definition) is 1. The van der Waals surface area contributed by atoms with Crippen molar-refractivity contribution in [3.8, 4) is 0 Å². The molecule has 0 atom stereocenters. The highest BCUT2D eigenvalue weighted by molar-refractivity contribution is 5.90. The first-order valence-corrected chi connectivity index (χ1v) is 7.88. The number of aromatic nitrogens is 2. The number of anilines is 1. The number of halogens is 2. The van der Waals surface area contributed by atoms with E-state index in [-0.39, 0.29) is 18.4 Å². The second kappa shape index (κ2) is 8.93. The second-order valence-corrected chi connectivity index (χ2v) is 5.87. The van der Waals surface area contributed by atoms with E-state index in [1.54, 1.807) is 29.1 Å².